The average Bonchev–Trinajstić information content (AvgIpc) is 3.12. The molecule has 11 atom stereocenters. The van der Waals surface area contributed by atoms with Crippen molar-refractivity contribution in [1.82, 2.24) is 0 Å². The second kappa shape index (κ2) is 9.95. The van der Waals surface area contributed by atoms with Crippen LogP contribution in [0.3, 0.4) is 0 Å². The molecule has 0 radical (unpaired) electrons. The molecule has 0 aromatic carbocycles. The molecule has 0 spiro atoms. The van der Waals surface area contributed by atoms with Crippen LogP contribution in [0.5, 0.6) is 0 Å². The summed E-state index contributed by atoms with van der Waals surface area (Å²) in [6.07, 6.45) is 7.75. The van der Waals surface area contributed by atoms with Crippen LogP contribution >= 0.6 is 0 Å². The lowest BCUT2D eigenvalue weighted by Crippen LogP contribution is -2.59. The number of hydrogen-bond donors (Lipinski definition) is 1. The molecule has 3 heteroatoms. The normalized spacial score (nSPS) is 49.4. The van der Waals surface area contributed by atoms with Gasteiger partial charge >= 0.3 is 5.97 Å². The Morgan fingerprint density at radius 1 is 1.03 bits per heavy atom. The number of hydrogen-bond acceptors (Lipinski definition) is 3. The highest BCUT2D eigenvalue weighted by atomic mass is 16.5. The minimum absolute atomic E-state index is 0.0549. The van der Waals surface area contributed by atoms with Gasteiger partial charge in [-0.15, -0.1) is 0 Å². The minimum Gasteiger partial charge on any atom is -0.462 e. The van der Waals surface area contributed by atoms with Crippen LogP contribution in [0.25, 0.3) is 0 Å². The van der Waals surface area contributed by atoms with Gasteiger partial charge in [-0.25, -0.2) is 0 Å². The Labute approximate surface area is 219 Å². The highest BCUT2D eigenvalue weighted by molar-refractivity contribution is 5.75. The zero-order valence-electron chi connectivity index (χ0n) is 26.0. The molecule has 0 aromatic rings. The molecule has 0 heterocycles. The summed E-state index contributed by atoms with van der Waals surface area (Å²) in [5.74, 6) is 3.67. The molecule has 4 fully saturated rings. The molecule has 0 saturated heterocycles. The van der Waals surface area contributed by atoms with Crippen LogP contribution in [0.2, 0.25) is 0 Å². The third-order valence-corrected chi connectivity index (χ3v) is 11.4. The van der Waals surface area contributed by atoms with Crippen LogP contribution in [-0.2, 0) is 9.53 Å². The Kier molecular flexibility index (Phi) is 7.04. The summed E-state index contributed by atoms with van der Waals surface area (Å²) < 4.78 is 23.5. The summed E-state index contributed by atoms with van der Waals surface area (Å²) in [5, 5.41) is 10.8. The molecule has 0 bridgehead atoms. The molecule has 0 amide bonds. The summed E-state index contributed by atoms with van der Waals surface area (Å²) >= 11 is 0. The highest BCUT2D eigenvalue weighted by Gasteiger charge is 2.63. The van der Waals surface area contributed by atoms with Gasteiger partial charge in [-0.3, -0.25) is 4.79 Å². The molecule has 202 valence electrons. The maximum atomic E-state index is 13.1. The van der Waals surface area contributed by atoms with Crippen LogP contribution in [0.15, 0.2) is 0 Å². The van der Waals surface area contributed by atoms with Gasteiger partial charge in [0.25, 0.3) is 0 Å². The van der Waals surface area contributed by atoms with Gasteiger partial charge in [0.2, 0.25) is 0 Å². The molecule has 4 rings (SSSR count). The van der Waals surface area contributed by atoms with E-state index in [1.54, 1.807) is 0 Å². The lowest BCUT2D eigenvalue weighted by atomic mass is 9.43. The second-order valence-electron chi connectivity index (χ2n) is 15.1. The van der Waals surface area contributed by atoms with E-state index in [1.165, 1.54) is 44.9 Å². The van der Waals surface area contributed by atoms with Crippen molar-refractivity contribution in [3.63, 3.8) is 0 Å². The predicted octanol–water partition coefficient (Wildman–Crippen LogP) is 8.04. The number of ether oxygens (including phenoxy) is 1. The molecule has 35 heavy (non-hydrogen) atoms. The quantitative estimate of drug-likeness (QED) is 0.383. The molecule has 4 saturated carbocycles. The number of carbonyl (C=O) groups is 1. The van der Waals surface area contributed by atoms with Gasteiger partial charge in [0.05, 0.1) is 12.9 Å². The lowest BCUT2D eigenvalue weighted by Gasteiger charge is -2.62. The summed E-state index contributed by atoms with van der Waals surface area (Å²) in [6.45, 7) is 17.8. The van der Waals surface area contributed by atoms with Crippen molar-refractivity contribution in [2.24, 2.45) is 57.7 Å². The van der Waals surface area contributed by atoms with E-state index in [-0.39, 0.29) is 29.8 Å². The summed E-state index contributed by atoms with van der Waals surface area (Å²) in [5.41, 5.74) is -0.415. The van der Waals surface area contributed by atoms with Crippen molar-refractivity contribution < 1.29 is 17.4 Å². The van der Waals surface area contributed by atoms with E-state index in [4.69, 9.17) is 7.48 Å². The molecular formula is C32H56O3. The molecule has 4 aliphatic carbocycles. The van der Waals surface area contributed by atoms with Gasteiger partial charge in [0, 0.05) is 7.29 Å². The Morgan fingerprint density at radius 3 is 2.37 bits per heavy atom. The van der Waals surface area contributed by atoms with Crippen molar-refractivity contribution >= 4 is 5.97 Å². The van der Waals surface area contributed by atoms with Gasteiger partial charge in [-0.05, 0) is 118 Å². The Hall–Kier alpha value is -0.570. The van der Waals surface area contributed by atoms with E-state index >= 15 is 0 Å². The van der Waals surface area contributed by atoms with Crippen molar-refractivity contribution in [3.8, 4) is 0 Å². The number of esters is 1. The van der Waals surface area contributed by atoms with E-state index < -0.39 is 17.9 Å². The zero-order chi connectivity index (χ0) is 27.6. The van der Waals surface area contributed by atoms with E-state index in [2.05, 4.69) is 34.6 Å². The van der Waals surface area contributed by atoms with E-state index in [0.717, 1.165) is 24.2 Å². The van der Waals surface area contributed by atoms with Crippen molar-refractivity contribution in [2.75, 3.05) is 0 Å². The van der Waals surface area contributed by atoms with Crippen LogP contribution in [0.1, 0.15) is 129 Å². The minimum atomic E-state index is -1.77. The maximum absolute atomic E-state index is 13.1. The first-order valence-electron chi connectivity index (χ1n) is 15.9. The van der Waals surface area contributed by atoms with E-state index in [0.29, 0.717) is 29.6 Å². The first-order valence-corrected chi connectivity index (χ1v) is 14.9. The predicted molar refractivity (Wildman–Crippen MR) is 144 cm³/mol. The Balaban J connectivity index is 1.61. The van der Waals surface area contributed by atoms with Crippen LogP contribution < -0.4 is 0 Å². The fourth-order valence-corrected chi connectivity index (χ4v) is 9.35. The van der Waals surface area contributed by atoms with Gasteiger partial charge < -0.3 is 9.84 Å². The lowest BCUT2D eigenvalue weighted by molar-refractivity contribution is -0.199. The third kappa shape index (κ3) is 5.10. The number of fused-ring (bicyclic) bond motifs is 5. The highest BCUT2D eigenvalue weighted by Crippen LogP contribution is 2.68. The topological polar surface area (TPSA) is 46.5 Å². The fourth-order valence-electron chi connectivity index (χ4n) is 9.35. The second-order valence-corrected chi connectivity index (χ2v) is 15.1. The van der Waals surface area contributed by atoms with Crippen LogP contribution in [0.4, 0.5) is 0 Å². The van der Waals surface area contributed by atoms with Gasteiger partial charge in [0.15, 0.2) is 0 Å². The van der Waals surface area contributed by atoms with Crippen molar-refractivity contribution in [3.05, 3.63) is 0 Å². The van der Waals surface area contributed by atoms with E-state index in [1.807, 2.05) is 20.8 Å². The van der Waals surface area contributed by atoms with Crippen LogP contribution in [-0.4, -0.2) is 23.3 Å². The molecule has 0 aliphatic heterocycles. The standard InChI is InChI=1S/C32H56O3/c1-20(2)10-9-11-21(3)24-12-13-25-23-19-28(35-29(34)30(4,5)6)27-18-22(33)14-16-32(27,8)26(23)15-17-31(24,25)7/h20-28,33H,9-19H2,1-8H3/t21-,22+,23+,24-,25+,26+,27-,28-,31-,32-/m1/s1/i14D,22D/t14-,21-,22+,23+,24-,25+,26+,27-,28-,31-,32-. The molecule has 0 aromatic heterocycles. The Morgan fingerprint density at radius 2 is 1.71 bits per heavy atom. The summed E-state index contributed by atoms with van der Waals surface area (Å²) in [4.78, 5) is 13.1. The summed E-state index contributed by atoms with van der Waals surface area (Å²) in [6, 6.07) is 0. The first kappa shape index (κ1) is 24.7. The maximum Gasteiger partial charge on any atom is 0.311 e. The molecule has 3 nitrogen and oxygen atoms in total. The average molecular weight is 491 g/mol. The molecule has 0 unspecified atom stereocenters. The zero-order valence-corrected chi connectivity index (χ0v) is 24.0. The number of rotatable bonds is 6. The first-order chi connectivity index (χ1) is 17.0. The van der Waals surface area contributed by atoms with Gasteiger partial charge in [-0.2, -0.15) is 0 Å². The molecular weight excluding hydrogens is 432 g/mol. The van der Waals surface area contributed by atoms with Crippen molar-refractivity contribution in [1.29, 1.82) is 0 Å². The fraction of sp³-hybridized carbons (Fsp3) is 0.969. The van der Waals surface area contributed by atoms with Gasteiger partial charge in [0.1, 0.15) is 6.10 Å². The van der Waals surface area contributed by atoms with Crippen LogP contribution in [0, 0.1) is 57.7 Å². The third-order valence-electron chi connectivity index (χ3n) is 11.4. The van der Waals surface area contributed by atoms with E-state index in [9.17, 15) is 9.90 Å². The SMILES string of the molecule is [2H][C@@H]1C[C@@]2(C)[C@H](C[C@@]1([2H])O)[C@H](OC(=O)C(C)(C)C)C[C@@H]1[C@@H]2CC[C@]2(C)[C@@H]([C@H](C)CCCC(C)C)CC[C@@H]12. The number of aliphatic hydroxyl groups is 1. The Bertz CT molecular complexity index is 834. The molecule has 1 N–H and O–H groups in total. The molecule has 4 aliphatic rings. The smallest absolute Gasteiger partial charge is 0.311 e. The largest absolute Gasteiger partial charge is 0.462 e. The monoisotopic (exact) mass is 490 g/mol. The van der Waals surface area contributed by atoms with Gasteiger partial charge in [-0.1, -0.05) is 53.9 Å². The van der Waals surface area contributed by atoms with Crippen molar-refractivity contribution in [2.45, 2.75) is 138 Å². The summed E-state index contributed by atoms with van der Waals surface area (Å²) in [7, 11) is 0. The number of carbonyl (C=O) groups excluding carboxylic acids is 1.